The molecule has 0 saturated carbocycles. The molecule has 0 saturated heterocycles. The van der Waals surface area contributed by atoms with Crippen LogP contribution >= 0.6 is 12.2 Å². The maximum absolute atomic E-state index is 8.98. The minimum atomic E-state index is -0.0743. The van der Waals surface area contributed by atoms with Crippen molar-refractivity contribution in [3.63, 3.8) is 0 Å². The second-order valence-corrected chi connectivity index (χ2v) is 3.80. The Hall–Kier alpha value is -0.720. The number of nitrogens with zero attached hydrogens (tertiary/aromatic N) is 3. The Balaban J connectivity index is 2.57. The average Bonchev–Trinajstić information content (AvgIpc) is 2.47. The molecule has 0 amide bonds. The topological polar surface area (TPSA) is 57.1 Å². The van der Waals surface area contributed by atoms with E-state index in [-0.39, 0.29) is 6.61 Å². The molecule has 1 heterocycles. The van der Waals surface area contributed by atoms with Crippen molar-refractivity contribution < 1.29 is 5.11 Å². The van der Waals surface area contributed by atoms with Gasteiger partial charge in [0.1, 0.15) is 6.61 Å². The molecule has 14 heavy (non-hydrogen) atoms. The number of aromatic nitrogens is 3. The van der Waals surface area contributed by atoms with Gasteiger partial charge in [-0.05, 0) is 39.3 Å². The normalized spacial score (nSPS) is 11.1. The predicted octanol–water partition coefficient (Wildman–Crippen LogP) is 0.385. The molecule has 5 nitrogen and oxygen atoms in total. The molecule has 0 fully saturated rings. The third-order valence-electron chi connectivity index (χ3n) is 1.97. The van der Waals surface area contributed by atoms with Gasteiger partial charge < -0.3 is 14.6 Å². The molecule has 0 bridgehead atoms. The van der Waals surface area contributed by atoms with E-state index >= 15 is 0 Å². The van der Waals surface area contributed by atoms with E-state index in [2.05, 4.69) is 15.1 Å². The van der Waals surface area contributed by atoms with Crippen molar-refractivity contribution in [1.82, 2.24) is 19.7 Å². The largest absolute Gasteiger partial charge is 0.388 e. The summed E-state index contributed by atoms with van der Waals surface area (Å²) in [5.41, 5.74) is 0. The van der Waals surface area contributed by atoms with Crippen LogP contribution in [0, 0.1) is 4.77 Å². The third kappa shape index (κ3) is 2.90. The highest BCUT2D eigenvalue weighted by molar-refractivity contribution is 7.71. The van der Waals surface area contributed by atoms with Crippen LogP contribution in [0.2, 0.25) is 0 Å². The van der Waals surface area contributed by atoms with Gasteiger partial charge in [0.2, 0.25) is 0 Å². The van der Waals surface area contributed by atoms with E-state index in [4.69, 9.17) is 17.3 Å². The molecule has 1 rings (SSSR count). The number of aliphatic hydroxyl groups is 1. The smallest absolute Gasteiger partial charge is 0.195 e. The van der Waals surface area contributed by atoms with Crippen LogP contribution in [0.25, 0.3) is 0 Å². The highest BCUT2D eigenvalue weighted by Gasteiger charge is 2.03. The second-order valence-electron chi connectivity index (χ2n) is 3.41. The second kappa shape index (κ2) is 5.23. The van der Waals surface area contributed by atoms with Gasteiger partial charge in [0.25, 0.3) is 0 Å². The first-order valence-corrected chi connectivity index (χ1v) is 4.95. The first-order chi connectivity index (χ1) is 6.65. The van der Waals surface area contributed by atoms with Gasteiger partial charge in [-0.2, -0.15) is 5.10 Å². The summed E-state index contributed by atoms with van der Waals surface area (Å²) in [6.45, 7) is 1.72. The van der Waals surface area contributed by atoms with Gasteiger partial charge in [-0.3, -0.25) is 5.10 Å². The lowest BCUT2D eigenvalue weighted by Crippen LogP contribution is -2.16. The van der Waals surface area contributed by atoms with Crippen molar-refractivity contribution in [2.75, 3.05) is 20.6 Å². The van der Waals surface area contributed by atoms with E-state index in [1.807, 2.05) is 18.7 Å². The van der Waals surface area contributed by atoms with E-state index in [9.17, 15) is 0 Å². The van der Waals surface area contributed by atoms with E-state index < -0.39 is 0 Å². The number of H-pyrrole nitrogens is 1. The maximum atomic E-state index is 8.98. The Kier molecular flexibility index (Phi) is 4.24. The quantitative estimate of drug-likeness (QED) is 0.699. The van der Waals surface area contributed by atoms with E-state index in [1.165, 1.54) is 0 Å². The summed E-state index contributed by atoms with van der Waals surface area (Å²) >= 11 is 5.04. The molecule has 0 aliphatic rings. The number of nitrogens with one attached hydrogen (secondary N) is 1. The zero-order valence-corrected chi connectivity index (χ0v) is 9.34. The van der Waals surface area contributed by atoms with Crippen LogP contribution in [-0.2, 0) is 13.2 Å². The van der Waals surface area contributed by atoms with Crippen LogP contribution in [0.3, 0.4) is 0 Å². The van der Waals surface area contributed by atoms with Crippen molar-refractivity contribution in [3.05, 3.63) is 10.6 Å². The lowest BCUT2D eigenvalue weighted by molar-refractivity contribution is 0.263. The van der Waals surface area contributed by atoms with Gasteiger partial charge in [0, 0.05) is 6.54 Å². The highest BCUT2D eigenvalue weighted by atomic mass is 32.1. The van der Waals surface area contributed by atoms with Gasteiger partial charge in [-0.25, -0.2) is 0 Å². The molecule has 0 aliphatic carbocycles. The van der Waals surface area contributed by atoms with Crippen LogP contribution in [-0.4, -0.2) is 45.4 Å². The van der Waals surface area contributed by atoms with Crippen molar-refractivity contribution in [2.45, 2.75) is 19.6 Å². The molecule has 0 aromatic carbocycles. The summed E-state index contributed by atoms with van der Waals surface area (Å²) in [6, 6.07) is 0. The van der Waals surface area contributed by atoms with Crippen molar-refractivity contribution in [2.24, 2.45) is 0 Å². The van der Waals surface area contributed by atoms with Gasteiger partial charge >= 0.3 is 0 Å². The van der Waals surface area contributed by atoms with Crippen molar-refractivity contribution >= 4 is 12.2 Å². The molecule has 80 valence electrons. The standard InChI is InChI=1S/C8H16N4OS/c1-11(2)4-3-5-12-7(6-13)9-10-8(12)14/h13H,3-6H2,1-2H3,(H,10,14). The van der Waals surface area contributed by atoms with Crippen LogP contribution in [0.5, 0.6) is 0 Å². The first-order valence-electron chi connectivity index (χ1n) is 4.55. The number of rotatable bonds is 5. The summed E-state index contributed by atoms with van der Waals surface area (Å²) in [5, 5.41) is 15.6. The fraction of sp³-hybridized carbons (Fsp3) is 0.750. The van der Waals surface area contributed by atoms with Crippen LogP contribution < -0.4 is 0 Å². The Labute approximate surface area is 88.4 Å². The predicted molar refractivity (Wildman–Crippen MR) is 56.5 cm³/mol. The molecule has 1 aromatic rings. The van der Waals surface area contributed by atoms with Gasteiger partial charge in [-0.1, -0.05) is 0 Å². The van der Waals surface area contributed by atoms with Crippen molar-refractivity contribution in [3.8, 4) is 0 Å². The van der Waals surface area contributed by atoms with Crippen LogP contribution in [0.15, 0.2) is 0 Å². The minimum Gasteiger partial charge on any atom is -0.388 e. The lowest BCUT2D eigenvalue weighted by atomic mass is 10.4. The molecule has 1 aromatic heterocycles. The SMILES string of the molecule is CN(C)CCCn1c(CO)n[nH]c1=S. The third-order valence-corrected chi connectivity index (χ3v) is 2.28. The van der Waals surface area contributed by atoms with Gasteiger partial charge in [0.15, 0.2) is 10.6 Å². The van der Waals surface area contributed by atoms with Crippen molar-refractivity contribution in [1.29, 1.82) is 0 Å². The Bertz CT molecular complexity index is 330. The molecule has 0 spiro atoms. The molecule has 0 atom stereocenters. The first kappa shape index (κ1) is 11.4. The van der Waals surface area contributed by atoms with Gasteiger partial charge in [-0.15, -0.1) is 0 Å². The van der Waals surface area contributed by atoms with Crippen LogP contribution in [0.4, 0.5) is 0 Å². The molecular weight excluding hydrogens is 200 g/mol. The van der Waals surface area contributed by atoms with Crippen LogP contribution in [0.1, 0.15) is 12.2 Å². The summed E-state index contributed by atoms with van der Waals surface area (Å²) in [4.78, 5) is 2.11. The number of hydrogen-bond acceptors (Lipinski definition) is 4. The van der Waals surface area contributed by atoms with E-state index in [0.29, 0.717) is 10.6 Å². The molecule has 2 N–H and O–H groups in total. The monoisotopic (exact) mass is 216 g/mol. The molecule has 0 aliphatic heterocycles. The summed E-state index contributed by atoms with van der Waals surface area (Å²) in [5.74, 6) is 0.605. The average molecular weight is 216 g/mol. The zero-order valence-electron chi connectivity index (χ0n) is 8.53. The molecule has 6 heteroatoms. The fourth-order valence-corrected chi connectivity index (χ4v) is 1.49. The zero-order chi connectivity index (χ0) is 10.6. The number of aliphatic hydroxyl groups excluding tert-OH is 1. The molecular formula is C8H16N4OS. The van der Waals surface area contributed by atoms with Gasteiger partial charge in [0.05, 0.1) is 0 Å². The Morgan fingerprint density at radius 1 is 1.57 bits per heavy atom. The maximum Gasteiger partial charge on any atom is 0.195 e. The number of aromatic amines is 1. The summed E-state index contributed by atoms with van der Waals surface area (Å²) < 4.78 is 2.41. The van der Waals surface area contributed by atoms with E-state index in [0.717, 1.165) is 19.5 Å². The summed E-state index contributed by atoms with van der Waals surface area (Å²) in [6.07, 6.45) is 0.994. The Morgan fingerprint density at radius 3 is 2.86 bits per heavy atom. The minimum absolute atomic E-state index is 0.0743. The molecule has 0 radical (unpaired) electrons. The number of hydrogen-bond donors (Lipinski definition) is 2. The van der Waals surface area contributed by atoms with E-state index in [1.54, 1.807) is 0 Å². The summed E-state index contributed by atoms with van der Waals surface area (Å²) in [7, 11) is 4.06. The fourth-order valence-electron chi connectivity index (χ4n) is 1.25. The lowest BCUT2D eigenvalue weighted by Gasteiger charge is -2.09. The Morgan fingerprint density at radius 2 is 2.29 bits per heavy atom. The molecule has 0 unspecified atom stereocenters. The highest BCUT2D eigenvalue weighted by Crippen LogP contribution is 1.99.